The van der Waals surface area contributed by atoms with E-state index in [1.54, 1.807) is 78.9 Å². The molecule has 0 saturated heterocycles. The normalized spacial score (nSPS) is 14.6. The first kappa shape index (κ1) is 55.3. The van der Waals surface area contributed by atoms with Crippen LogP contribution in [0.2, 0.25) is 0 Å². The fraction of sp³-hybridized carbons (Fsp3) is 0. The summed E-state index contributed by atoms with van der Waals surface area (Å²) in [5, 5.41) is 8.90. The first-order valence-corrected chi connectivity index (χ1v) is 44.7. The minimum Gasteiger partial charge on any atom is -0.456 e. The van der Waals surface area contributed by atoms with Gasteiger partial charge in [0.2, 0.25) is 0 Å². The SMILES string of the molecule is [2H]c1c([2H])c([2H])c(-c2c3c([2H])c([2H])c([2H])c([2H])c3c(-c3cccc4oc5cc(-c6cc7ccccc7c7ccccc67)ccc5c34)c3c([2H])c([2H])c([2H])c([2H])c23)c([2H])c1[2H].[2H]c1c([2H])c([2H])c2c(-c3cccc4oc5ccc(-c6ccc(-c7ccccc7)cc6)cc5c34)c3c([2H])c([2H])c([2H])c([2H])c3c(-c3ccccc3)c2c1[2H].[2H]c1c([2H])c([2H])c2c(-c3cccc4oc5cccc(-c6cccc(-c7ccccc7)c6)c5c34)c3c([2H])c([2H])c([2H])c([2H])c3c(-c3ccccc3)c2c1[2H]. The molecule has 0 saturated carbocycles. The van der Waals surface area contributed by atoms with Gasteiger partial charge in [-0.2, -0.15) is 0 Å². The number of hydrogen-bond acceptors (Lipinski definition) is 3. The van der Waals surface area contributed by atoms with Gasteiger partial charge in [0.25, 0.3) is 0 Å². The Morgan fingerprint density at radius 2 is 0.438 bits per heavy atom. The average molecular weight is 1770 g/mol. The fourth-order valence-electron chi connectivity index (χ4n) is 20.1. The van der Waals surface area contributed by atoms with Gasteiger partial charge in [-0.15, -0.1) is 0 Å². The average Bonchev–Trinajstić information content (AvgIpc) is 1.27. The van der Waals surface area contributed by atoms with Gasteiger partial charge in [0, 0.05) is 32.3 Å². The molecule has 0 N–H and O–H groups in total. The smallest absolute Gasteiger partial charge is 0.136 e. The maximum absolute atomic E-state index is 9.38. The van der Waals surface area contributed by atoms with Crippen molar-refractivity contribution in [1.82, 2.24) is 0 Å². The first-order valence-electron chi connectivity index (χ1n) is 59.2. The lowest BCUT2D eigenvalue weighted by Crippen LogP contribution is -1.91. The lowest BCUT2D eigenvalue weighted by atomic mass is 9.84. The largest absolute Gasteiger partial charge is 0.456 e. The molecule has 0 aliphatic heterocycles. The predicted molar refractivity (Wildman–Crippen MR) is 581 cm³/mol. The summed E-state index contributed by atoms with van der Waals surface area (Å²) in [7, 11) is 0. The van der Waals surface area contributed by atoms with Crippen molar-refractivity contribution >= 4 is 152 Å². The van der Waals surface area contributed by atoms with Crippen LogP contribution in [0, 0.1) is 0 Å². The van der Waals surface area contributed by atoms with Gasteiger partial charge in [-0.1, -0.05) is 448 Å². The highest BCUT2D eigenvalue weighted by Crippen LogP contribution is 2.54. The molecule has 3 heterocycles. The van der Waals surface area contributed by atoms with Gasteiger partial charge in [-0.05, 0) is 269 Å². The van der Waals surface area contributed by atoms with Crippen LogP contribution in [0.25, 0.3) is 274 Å². The molecule has 0 bridgehead atoms. The molecule has 0 amide bonds. The summed E-state index contributed by atoms with van der Waals surface area (Å²) in [6.07, 6.45) is 0. The molecule has 0 radical (unpaired) electrons. The zero-order valence-electron chi connectivity index (χ0n) is 101. The maximum atomic E-state index is 9.38. The Balaban J connectivity index is 0.000000122. The van der Waals surface area contributed by atoms with Crippen molar-refractivity contribution in [2.75, 3.05) is 0 Å². The third-order valence-corrected chi connectivity index (χ3v) is 26.0. The van der Waals surface area contributed by atoms with Crippen molar-refractivity contribution in [3.63, 3.8) is 0 Å². The van der Waals surface area contributed by atoms with Gasteiger partial charge in [-0.25, -0.2) is 0 Å². The summed E-state index contributed by atoms with van der Waals surface area (Å²) in [4.78, 5) is 0. The molecule has 28 rings (SSSR count). The van der Waals surface area contributed by atoms with Gasteiger partial charge in [0.05, 0.1) is 39.8 Å². The summed E-state index contributed by atoms with van der Waals surface area (Å²) < 4.78 is 280. The van der Waals surface area contributed by atoms with Crippen molar-refractivity contribution < 1.29 is 53.0 Å². The molecule has 638 valence electrons. The van der Waals surface area contributed by atoms with Crippen LogP contribution in [0.4, 0.5) is 0 Å². The Hall–Kier alpha value is -18.0. The van der Waals surface area contributed by atoms with E-state index in [1.807, 2.05) is 164 Å². The number of furan rings is 3. The summed E-state index contributed by atoms with van der Waals surface area (Å²) in [6.45, 7) is 0. The summed E-state index contributed by atoms with van der Waals surface area (Å²) >= 11 is 0. The number of rotatable bonds is 11. The lowest BCUT2D eigenvalue weighted by molar-refractivity contribution is 0.668. The van der Waals surface area contributed by atoms with Gasteiger partial charge < -0.3 is 13.3 Å². The molecule has 28 aromatic rings. The van der Waals surface area contributed by atoms with E-state index in [4.69, 9.17) is 36.6 Å². The Morgan fingerprint density at radius 1 is 0.131 bits per heavy atom. The number of fused-ring (bicyclic) bond motifs is 18. The Bertz CT molecular complexity index is 11300. The van der Waals surface area contributed by atoms with Crippen LogP contribution in [0.5, 0.6) is 0 Å². The molecule has 0 unspecified atom stereocenters. The van der Waals surface area contributed by atoms with Crippen LogP contribution in [0.15, 0.2) is 522 Å². The maximum Gasteiger partial charge on any atom is 0.136 e. The minimum absolute atomic E-state index is 0.0491. The second-order valence-corrected chi connectivity index (χ2v) is 33.5. The van der Waals surface area contributed by atoms with Gasteiger partial charge in [0.15, 0.2) is 0 Å². The van der Waals surface area contributed by atoms with Gasteiger partial charge >= 0.3 is 0 Å². The second kappa shape index (κ2) is 33.7. The summed E-state index contributed by atoms with van der Waals surface area (Å²) in [6, 6.07) is 92.6. The van der Waals surface area contributed by atoms with E-state index >= 15 is 0 Å². The van der Waals surface area contributed by atoms with E-state index in [2.05, 4.69) is 91.0 Å². The van der Waals surface area contributed by atoms with E-state index in [9.17, 15) is 16.4 Å². The van der Waals surface area contributed by atoms with Crippen LogP contribution in [0.1, 0.15) is 39.8 Å². The molecule has 25 aromatic carbocycles. The van der Waals surface area contributed by atoms with Crippen LogP contribution in [-0.4, -0.2) is 0 Å². The molecular formula is C134H84O3. The Labute approximate surface area is 832 Å². The van der Waals surface area contributed by atoms with Crippen molar-refractivity contribution in [3.8, 4) is 122 Å². The Morgan fingerprint density at radius 3 is 0.927 bits per heavy atom. The molecule has 137 heavy (non-hydrogen) atoms. The molecule has 0 spiro atoms. The van der Waals surface area contributed by atoms with E-state index in [0.717, 1.165) is 88.0 Å². The van der Waals surface area contributed by atoms with Gasteiger partial charge in [-0.3, -0.25) is 0 Å². The topological polar surface area (TPSA) is 39.4 Å². The minimum atomic E-state index is -0.719. The molecule has 0 aliphatic rings. The van der Waals surface area contributed by atoms with E-state index in [0.29, 0.717) is 99.6 Å². The van der Waals surface area contributed by atoms with Crippen molar-refractivity contribution in [2.45, 2.75) is 0 Å². The van der Waals surface area contributed by atoms with Crippen LogP contribution >= 0.6 is 0 Å². The highest BCUT2D eigenvalue weighted by atomic mass is 16.3. The van der Waals surface area contributed by atoms with E-state index in [-0.39, 0.29) is 130 Å². The van der Waals surface area contributed by atoms with Gasteiger partial charge in [0.1, 0.15) is 33.5 Å². The van der Waals surface area contributed by atoms with Crippen LogP contribution in [0.3, 0.4) is 0 Å². The Kier molecular flexibility index (Phi) is 13.6. The lowest BCUT2D eigenvalue weighted by Gasteiger charge is -2.18. The fourth-order valence-corrected chi connectivity index (χ4v) is 20.1. The standard InChI is InChI=1S/C46H28O.2C44H28O/c1-2-13-29(14-3-1)44-35-19-8-10-21-37(35)45(38-22-11-9-20-36(38)44)40-23-12-24-42-46(40)39-26-25-31(28-43(39)47-42)41-27-30-15-4-5-16-32(30)33-17-6-7-18-34(33)41;1-3-14-29(15-4-1)31-18-11-19-32(28-31)33-24-12-26-39-43(33)44-38(25-13-27-40(44)45-39)42-36-22-9-7-20-34(36)41(30-16-5-2-6-17-30)35-21-8-10-23-37(35)42;1-3-12-29(13-4-1)30-22-24-31(25-23-30)33-26-27-40-39(28-33)44-38(20-11-21-41(44)45-40)43-36-18-9-7-16-34(36)42(32-14-5-2-6-15-32)35-17-8-10-19-37(35)43/h1-28H;2*1-28H/i1D,2D,3D,8D,9D,10D,11D,13D,14D,19D,20D,21D,22D;7D,8D,9D,10D,20D,21D,22D,23D;7D,8D,9D,10D,16D,17D,18D,19D. The van der Waals surface area contributed by atoms with Crippen LogP contribution in [-0.2, 0) is 0 Å². The van der Waals surface area contributed by atoms with Crippen molar-refractivity contribution in [2.24, 2.45) is 0 Å². The third-order valence-electron chi connectivity index (χ3n) is 26.0. The van der Waals surface area contributed by atoms with Crippen LogP contribution < -0.4 is 0 Å². The second-order valence-electron chi connectivity index (χ2n) is 33.5. The highest BCUT2D eigenvalue weighted by molar-refractivity contribution is 6.31. The number of hydrogen-bond donors (Lipinski definition) is 0. The molecule has 0 aliphatic carbocycles. The van der Waals surface area contributed by atoms with E-state index in [1.165, 1.54) is 0 Å². The monoisotopic (exact) mass is 1770 g/mol. The third kappa shape index (κ3) is 13.7. The summed E-state index contributed by atoms with van der Waals surface area (Å²) in [5.41, 5.74) is 16.1. The first-order chi connectivity index (χ1) is 80.0. The van der Waals surface area contributed by atoms with Crippen molar-refractivity contribution in [1.29, 1.82) is 0 Å². The molecule has 0 atom stereocenters. The molecule has 3 heteroatoms. The highest BCUT2D eigenvalue weighted by Gasteiger charge is 2.27. The molecule has 3 aromatic heterocycles. The summed E-state index contributed by atoms with van der Waals surface area (Å²) in [5.74, 6) is 0. The zero-order chi connectivity index (χ0) is 116. The zero-order valence-corrected chi connectivity index (χ0v) is 72.5. The quantitative estimate of drug-likeness (QED) is 0.0957. The van der Waals surface area contributed by atoms with Crippen molar-refractivity contribution in [3.05, 3.63) is 509 Å². The number of benzene rings is 25. The predicted octanol–water partition coefficient (Wildman–Crippen LogP) is 38.3. The molecule has 0 fully saturated rings. The molecular weight excluding hydrogens is 1660 g/mol. The molecule has 3 nitrogen and oxygen atoms in total. The van der Waals surface area contributed by atoms with E-state index < -0.39 is 132 Å².